The maximum absolute atomic E-state index is 12.5. The molecule has 4 heteroatoms. The molecule has 2 rings (SSSR count). The van der Waals surface area contributed by atoms with E-state index in [4.69, 9.17) is 9.47 Å². The topological polar surface area (TPSA) is 47.6 Å². The number of methoxy groups -OCH3 is 1. The third-order valence-corrected chi connectivity index (χ3v) is 5.07. The van der Waals surface area contributed by atoms with E-state index in [0.29, 0.717) is 18.6 Å². The number of hydrogen-bond acceptors (Lipinski definition) is 4. The molecule has 0 amide bonds. The summed E-state index contributed by atoms with van der Waals surface area (Å²) in [6.07, 6.45) is 9.10. The van der Waals surface area contributed by atoms with Gasteiger partial charge in [0.15, 0.2) is 0 Å². The Kier molecular flexibility index (Phi) is 6.06. The van der Waals surface area contributed by atoms with Crippen molar-refractivity contribution in [3.63, 3.8) is 0 Å². The third kappa shape index (κ3) is 4.19. The van der Waals surface area contributed by atoms with Gasteiger partial charge in [-0.25, -0.2) is 0 Å². The summed E-state index contributed by atoms with van der Waals surface area (Å²) in [4.78, 5) is 12.5. The van der Waals surface area contributed by atoms with Crippen LogP contribution in [0.2, 0.25) is 0 Å². The molecule has 122 valence electrons. The summed E-state index contributed by atoms with van der Waals surface area (Å²) in [5.74, 6) is 0.311. The van der Waals surface area contributed by atoms with Crippen LogP contribution >= 0.6 is 0 Å². The molecule has 21 heavy (non-hydrogen) atoms. The summed E-state index contributed by atoms with van der Waals surface area (Å²) in [5, 5.41) is 3.69. The summed E-state index contributed by atoms with van der Waals surface area (Å²) in [6, 6.07) is 0.442. The zero-order valence-corrected chi connectivity index (χ0v) is 13.8. The molecular weight excluding hydrogens is 266 g/mol. The first kappa shape index (κ1) is 16.8. The predicted octanol–water partition coefficient (Wildman–Crippen LogP) is 3.05. The van der Waals surface area contributed by atoms with E-state index in [2.05, 4.69) is 19.2 Å². The van der Waals surface area contributed by atoms with Crippen LogP contribution in [0.1, 0.15) is 65.2 Å². The number of ether oxygens (including phenoxy) is 2. The van der Waals surface area contributed by atoms with Gasteiger partial charge in [-0.1, -0.05) is 39.5 Å². The van der Waals surface area contributed by atoms with Crippen molar-refractivity contribution in [3.05, 3.63) is 0 Å². The van der Waals surface area contributed by atoms with Crippen LogP contribution in [0.15, 0.2) is 0 Å². The maximum Gasteiger partial charge on any atom is 0.326 e. The molecule has 1 aliphatic heterocycles. The van der Waals surface area contributed by atoms with E-state index >= 15 is 0 Å². The standard InChI is InChI=1S/C17H31NO3/c1-13(2)15-12-17(10-11-21-15,16(19)20-3)18-14-8-6-4-5-7-9-14/h13-15,18H,4-12H2,1-3H3. The highest BCUT2D eigenvalue weighted by atomic mass is 16.5. The first-order chi connectivity index (χ1) is 10.1. The molecule has 0 aromatic carbocycles. The van der Waals surface area contributed by atoms with E-state index in [1.165, 1.54) is 45.6 Å². The Morgan fingerprint density at radius 3 is 2.48 bits per heavy atom. The average molecular weight is 297 g/mol. The zero-order chi connectivity index (χ0) is 15.3. The molecule has 2 unspecified atom stereocenters. The van der Waals surface area contributed by atoms with E-state index in [1.54, 1.807) is 0 Å². The van der Waals surface area contributed by atoms with Crippen LogP contribution in [0.4, 0.5) is 0 Å². The molecule has 2 aliphatic rings. The number of hydrogen-bond donors (Lipinski definition) is 1. The van der Waals surface area contributed by atoms with Crippen LogP contribution in [0, 0.1) is 5.92 Å². The number of carbonyl (C=O) groups excluding carboxylic acids is 1. The molecule has 1 N–H and O–H groups in total. The fraction of sp³-hybridized carbons (Fsp3) is 0.941. The second kappa shape index (κ2) is 7.59. The van der Waals surface area contributed by atoms with Crippen LogP contribution < -0.4 is 5.32 Å². The van der Waals surface area contributed by atoms with Crippen LogP contribution in [-0.2, 0) is 14.3 Å². The van der Waals surface area contributed by atoms with E-state index in [-0.39, 0.29) is 12.1 Å². The van der Waals surface area contributed by atoms with Gasteiger partial charge in [0.25, 0.3) is 0 Å². The van der Waals surface area contributed by atoms with Crippen LogP contribution in [0.25, 0.3) is 0 Å². The predicted molar refractivity (Wildman–Crippen MR) is 83.2 cm³/mol. The third-order valence-electron chi connectivity index (χ3n) is 5.07. The molecule has 4 nitrogen and oxygen atoms in total. The van der Waals surface area contributed by atoms with Crippen molar-refractivity contribution in [1.29, 1.82) is 0 Å². The lowest BCUT2D eigenvalue weighted by atomic mass is 9.82. The summed E-state index contributed by atoms with van der Waals surface area (Å²) in [5.41, 5.74) is -0.545. The second-order valence-electron chi connectivity index (χ2n) is 7.01. The fourth-order valence-corrected chi connectivity index (χ4v) is 3.70. The van der Waals surface area contributed by atoms with E-state index < -0.39 is 5.54 Å². The first-order valence-electron chi connectivity index (χ1n) is 8.55. The molecule has 1 saturated heterocycles. The highest BCUT2D eigenvalue weighted by Crippen LogP contribution is 2.32. The highest BCUT2D eigenvalue weighted by Gasteiger charge is 2.46. The van der Waals surface area contributed by atoms with Gasteiger partial charge in [-0.15, -0.1) is 0 Å². The number of rotatable bonds is 4. The number of carbonyl (C=O) groups is 1. The Morgan fingerprint density at radius 1 is 1.24 bits per heavy atom. The van der Waals surface area contributed by atoms with Crippen molar-refractivity contribution in [2.75, 3.05) is 13.7 Å². The lowest BCUT2D eigenvalue weighted by Gasteiger charge is -2.42. The largest absolute Gasteiger partial charge is 0.468 e. The summed E-state index contributed by atoms with van der Waals surface area (Å²) in [7, 11) is 1.50. The van der Waals surface area contributed by atoms with Crippen molar-refractivity contribution in [2.24, 2.45) is 5.92 Å². The van der Waals surface area contributed by atoms with Crippen LogP contribution in [0.5, 0.6) is 0 Å². The minimum absolute atomic E-state index is 0.110. The van der Waals surface area contributed by atoms with Gasteiger partial charge in [0, 0.05) is 19.1 Å². The monoisotopic (exact) mass is 297 g/mol. The molecule has 0 radical (unpaired) electrons. The lowest BCUT2D eigenvalue weighted by Crippen LogP contribution is -2.61. The molecule has 1 saturated carbocycles. The van der Waals surface area contributed by atoms with Crippen molar-refractivity contribution in [1.82, 2.24) is 5.32 Å². The summed E-state index contributed by atoms with van der Waals surface area (Å²) < 4.78 is 11.0. The maximum atomic E-state index is 12.5. The first-order valence-corrected chi connectivity index (χ1v) is 8.55. The van der Waals surface area contributed by atoms with Gasteiger partial charge in [-0.2, -0.15) is 0 Å². The lowest BCUT2D eigenvalue weighted by molar-refractivity contribution is -0.158. The second-order valence-corrected chi connectivity index (χ2v) is 7.01. The van der Waals surface area contributed by atoms with Crippen molar-refractivity contribution in [3.8, 4) is 0 Å². The molecule has 0 aromatic heterocycles. The molecule has 2 atom stereocenters. The Morgan fingerprint density at radius 2 is 1.90 bits per heavy atom. The van der Waals surface area contributed by atoms with E-state index in [0.717, 1.165) is 12.8 Å². The van der Waals surface area contributed by atoms with Crippen LogP contribution in [0.3, 0.4) is 0 Å². The summed E-state index contributed by atoms with van der Waals surface area (Å²) >= 11 is 0. The minimum Gasteiger partial charge on any atom is -0.468 e. The van der Waals surface area contributed by atoms with Gasteiger partial charge in [0.1, 0.15) is 5.54 Å². The molecule has 1 aliphatic carbocycles. The SMILES string of the molecule is COC(=O)C1(NC2CCCCCC2)CCOC(C(C)C)C1. The molecule has 0 spiro atoms. The van der Waals surface area contributed by atoms with Gasteiger partial charge in [-0.05, 0) is 25.2 Å². The Bertz CT molecular complexity index is 337. The Labute approximate surface area is 129 Å². The molecule has 0 aromatic rings. The number of nitrogens with one attached hydrogen (secondary N) is 1. The van der Waals surface area contributed by atoms with Crippen molar-refractivity contribution in [2.45, 2.75) is 82.9 Å². The average Bonchev–Trinajstić information content (AvgIpc) is 2.75. The van der Waals surface area contributed by atoms with Gasteiger partial charge in [0.2, 0.25) is 0 Å². The normalized spacial score (nSPS) is 31.9. The molecule has 2 fully saturated rings. The van der Waals surface area contributed by atoms with Gasteiger partial charge < -0.3 is 9.47 Å². The van der Waals surface area contributed by atoms with Crippen molar-refractivity contribution >= 4 is 5.97 Å². The Balaban J connectivity index is 2.10. The quantitative estimate of drug-likeness (QED) is 0.640. The highest BCUT2D eigenvalue weighted by molar-refractivity contribution is 5.81. The smallest absolute Gasteiger partial charge is 0.326 e. The van der Waals surface area contributed by atoms with E-state index in [9.17, 15) is 4.79 Å². The molecule has 1 heterocycles. The van der Waals surface area contributed by atoms with Crippen molar-refractivity contribution < 1.29 is 14.3 Å². The fourth-order valence-electron chi connectivity index (χ4n) is 3.70. The zero-order valence-electron chi connectivity index (χ0n) is 13.8. The summed E-state index contributed by atoms with van der Waals surface area (Å²) in [6.45, 7) is 4.95. The number of esters is 1. The van der Waals surface area contributed by atoms with Gasteiger partial charge >= 0.3 is 5.97 Å². The Hall–Kier alpha value is -0.610. The molecular formula is C17H31NO3. The van der Waals surface area contributed by atoms with Crippen LogP contribution in [-0.4, -0.2) is 37.4 Å². The van der Waals surface area contributed by atoms with E-state index in [1.807, 2.05) is 0 Å². The minimum atomic E-state index is -0.545. The molecule has 0 bridgehead atoms. The van der Waals surface area contributed by atoms with Gasteiger partial charge in [0.05, 0.1) is 13.2 Å². The van der Waals surface area contributed by atoms with Gasteiger partial charge in [-0.3, -0.25) is 10.1 Å².